The molecular formula is C9H15NO2. The summed E-state index contributed by atoms with van der Waals surface area (Å²) in [7, 11) is 2.11. The molecule has 0 N–H and O–H groups in total. The predicted molar refractivity (Wildman–Crippen MR) is 45.9 cm³/mol. The van der Waals surface area contributed by atoms with Gasteiger partial charge in [-0.25, -0.2) is 0 Å². The first-order valence-corrected chi connectivity index (χ1v) is 4.46. The van der Waals surface area contributed by atoms with E-state index in [9.17, 15) is 0 Å². The van der Waals surface area contributed by atoms with Crippen LogP contribution in [0.2, 0.25) is 0 Å². The Balaban J connectivity index is 1.96. The fraction of sp³-hybridized carbons (Fsp3) is 0.778. The van der Waals surface area contributed by atoms with Gasteiger partial charge in [0.1, 0.15) is 0 Å². The van der Waals surface area contributed by atoms with Crippen LogP contribution >= 0.6 is 0 Å². The van der Waals surface area contributed by atoms with Gasteiger partial charge >= 0.3 is 0 Å². The van der Waals surface area contributed by atoms with E-state index < -0.39 is 0 Å². The molecule has 2 rings (SSSR count). The maximum atomic E-state index is 5.47. The summed E-state index contributed by atoms with van der Waals surface area (Å²) in [6.07, 6.45) is 5.43. The van der Waals surface area contributed by atoms with Gasteiger partial charge in [-0.1, -0.05) is 12.2 Å². The Kier molecular flexibility index (Phi) is 2.44. The van der Waals surface area contributed by atoms with Crippen LogP contribution in [0.3, 0.4) is 0 Å². The quantitative estimate of drug-likeness (QED) is 0.537. The average molecular weight is 169 g/mol. The highest BCUT2D eigenvalue weighted by Crippen LogP contribution is 2.19. The molecule has 12 heavy (non-hydrogen) atoms. The summed E-state index contributed by atoms with van der Waals surface area (Å²) >= 11 is 0. The van der Waals surface area contributed by atoms with E-state index in [1.165, 1.54) is 0 Å². The lowest BCUT2D eigenvalue weighted by Gasteiger charge is -2.32. The van der Waals surface area contributed by atoms with Crippen molar-refractivity contribution in [2.75, 3.05) is 26.8 Å². The molecule has 0 bridgehead atoms. The first-order valence-electron chi connectivity index (χ1n) is 4.46. The number of hydrogen-bond donors (Lipinski definition) is 0. The molecule has 68 valence electrons. The van der Waals surface area contributed by atoms with Gasteiger partial charge in [0.05, 0.1) is 19.3 Å². The Morgan fingerprint density at radius 2 is 2.00 bits per heavy atom. The average Bonchev–Trinajstić information content (AvgIpc) is 2.57. The molecule has 2 aliphatic heterocycles. The Morgan fingerprint density at radius 1 is 1.25 bits per heavy atom. The third-order valence-corrected chi connectivity index (χ3v) is 2.47. The summed E-state index contributed by atoms with van der Waals surface area (Å²) in [6, 6.07) is 0.414. The van der Waals surface area contributed by atoms with E-state index in [1.54, 1.807) is 0 Å². The highest BCUT2D eigenvalue weighted by molar-refractivity contribution is 4.96. The van der Waals surface area contributed by atoms with E-state index in [0.717, 1.165) is 26.2 Å². The summed E-state index contributed by atoms with van der Waals surface area (Å²) in [5.41, 5.74) is 0. The molecule has 1 saturated heterocycles. The van der Waals surface area contributed by atoms with Gasteiger partial charge in [-0.2, -0.15) is 0 Å². The lowest BCUT2D eigenvalue weighted by atomic mass is 10.1. The van der Waals surface area contributed by atoms with Crippen molar-refractivity contribution in [2.45, 2.75) is 18.8 Å². The lowest BCUT2D eigenvalue weighted by molar-refractivity contribution is -0.0935. The zero-order chi connectivity index (χ0) is 8.39. The first kappa shape index (κ1) is 8.23. The fourth-order valence-corrected chi connectivity index (χ4v) is 1.71. The van der Waals surface area contributed by atoms with Crippen LogP contribution in [0.25, 0.3) is 0 Å². The van der Waals surface area contributed by atoms with E-state index in [1.807, 2.05) is 0 Å². The molecule has 0 saturated carbocycles. The topological polar surface area (TPSA) is 21.7 Å². The first-order chi connectivity index (χ1) is 5.88. The molecule has 0 aromatic rings. The van der Waals surface area contributed by atoms with Crippen LogP contribution in [0.5, 0.6) is 0 Å². The molecule has 1 unspecified atom stereocenters. The van der Waals surface area contributed by atoms with Crippen molar-refractivity contribution in [2.24, 2.45) is 0 Å². The fourth-order valence-electron chi connectivity index (χ4n) is 1.71. The maximum absolute atomic E-state index is 5.47. The second-order valence-corrected chi connectivity index (χ2v) is 3.32. The summed E-state index contributed by atoms with van der Waals surface area (Å²) < 4.78 is 10.9. The number of rotatable bonds is 1. The van der Waals surface area contributed by atoms with Crippen LogP contribution in [0.4, 0.5) is 0 Å². The summed E-state index contributed by atoms with van der Waals surface area (Å²) in [4.78, 5) is 2.27. The van der Waals surface area contributed by atoms with Gasteiger partial charge in [0.25, 0.3) is 0 Å². The SMILES string of the molecule is CN1CC=CCC1C1OCCO1. The van der Waals surface area contributed by atoms with Gasteiger partial charge in [-0.15, -0.1) is 0 Å². The van der Waals surface area contributed by atoms with Crippen LogP contribution < -0.4 is 0 Å². The van der Waals surface area contributed by atoms with Crippen molar-refractivity contribution in [3.63, 3.8) is 0 Å². The van der Waals surface area contributed by atoms with Crippen molar-refractivity contribution in [1.82, 2.24) is 4.90 Å². The Morgan fingerprint density at radius 3 is 2.67 bits per heavy atom. The van der Waals surface area contributed by atoms with Crippen LogP contribution in [0.1, 0.15) is 6.42 Å². The highest BCUT2D eigenvalue weighted by Gasteiger charge is 2.29. The Hall–Kier alpha value is -0.380. The molecule has 0 aliphatic carbocycles. The zero-order valence-corrected chi connectivity index (χ0v) is 7.40. The van der Waals surface area contributed by atoms with E-state index in [4.69, 9.17) is 9.47 Å². The Bertz CT molecular complexity index is 175. The molecular weight excluding hydrogens is 154 g/mol. The summed E-state index contributed by atoms with van der Waals surface area (Å²) in [5, 5.41) is 0. The minimum absolute atomic E-state index is 0.0000463. The molecule has 0 aromatic heterocycles. The van der Waals surface area contributed by atoms with E-state index in [0.29, 0.717) is 6.04 Å². The molecule has 2 heterocycles. The normalized spacial score (nSPS) is 32.9. The largest absolute Gasteiger partial charge is 0.349 e. The number of hydrogen-bond acceptors (Lipinski definition) is 3. The Labute approximate surface area is 72.9 Å². The molecule has 3 heteroatoms. The van der Waals surface area contributed by atoms with E-state index >= 15 is 0 Å². The molecule has 0 aromatic carbocycles. The third-order valence-electron chi connectivity index (χ3n) is 2.47. The monoisotopic (exact) mass is 169 g/mol. The van der Waals surface area contributed by atoms with Crippen LogP contribution in [-0.4, -0.2) is 44.0 Å². The number of ether oxygens (including phenoxy) is 2. The molecule has 1 fully saturated rings. The summed E-state index contributed by atoms with van der Waals surface area (Å²) in [6.45, 7) is 2.51. The lowest BCUT2D eigenvalue weighted by Crippen LogP contribution is -2.43. The predicted octanol–water partition coefficient (Wildman–Crippen LogP) is 0.620. The van der Waals surface area contributed by atoms with Gasteiger partial charge < -0.3 is 9.47 Å². The second-order valence-electron chi connectivity index (χ2n) is 3.32. The summed E-state index contributed by atoms with van der Waals surface area (Å²) in [5.74, 6) is 0. The minimum Gasteiger partial charge on any atom is -0.349 e. The van der Waals surface area contributed by atoms with Gasteiger partial charge in [0, 0.05) is 6.54 Å². The van der Waals surface area contributed by atoms with Crippen LogP contribution in [0, 0.1) is 0 Å². The second kappa shape index (κ2) is 3.56. The van der Waals surface area contributed by atoms with Gasteiger partial charge in [-0.3, -0.25) is 4.90 Å². The van der Waals surface area contributed by atoms with E-state index in [-0.39, 0.29) is 6.29 Å². The van der Waals surface area contributed by atoms with Gasteiger partial charge in [-0.05, 0) is 13.5 Å². The molecule has 1 atom stereocenters. The van der Waals surface area contributed by atoms with Crippen LogP contribution in [0.15, 0.2) is 12.2 Å². The van der Waals surface area contributed by atoms with E-state index in [2.05, 4.69) is 24.1 Å². The van der Waals surface area contributed by atoms with Crippen molar-refractivity contribution in [3.05, 3.63) is 12.2 Å². The maximum Gasteiger partial charge on any atom is 0.173 e. The third kappa shape index (κ3) is 1.53. The number of likely N-dealkylation sites (N-methyl/N-ethyl adjacent to an activating group) is 1. The van der Waals surface area contributed by atoms with Crippen molar-refractivity contribution < 1.29 is 9.47 Å². The highest BCUT2D eigenvalue weighted by atomic mass is 16.7. The smallest absolute Gasteiger partial charge is 0.173 e. The number of nitrogens with zero attached hydrogens (tertiary/aromatic N) is 1. The molecule has 3 nitrogen and oxygen atoms in total. The van der Waals surface area contributed by atoms with Crippen molar-refractivity contribution >= 4 is 0 Å². The molecule has 2 aliphatic rings. The molecule has 0 radical (unpaired) electrons. The van der Waals surface area contributed by atoms with Crippen molar-refractivity contribution in [3.8, 4) is 0 Å². The van der Waals surface area contributed by atoms with Gasteiger partial charge in [0.15, 0.2) is 6.29 Å². The van der Waals surface area contributed by atoms with Gasteiger partial charge in [0.2, 0.25) is 0 Å². The molecule has 0 amide bonds. The van der Waals surface area contributed by atoms with Crippen LogP contribution in [-0.2, 0) is 9.47 Å². The zero-order valence-electron chi connectivity index (χ0n) is 7.40. The molecule has 0 spiro atoms. The van der Waals surface area contributed by atoms with Crippen molar-refractivity contribution in [1.29, 1.82) is 0 Å². The minimum atomic E-state index is -0.0000463. The standard InChI is InChI=1S/C9H15NO2/c1-10-5-3-2-4-8(10)9-11-6-7-12-9/h2-3,8-9H,4-7H2,1H3.